The molecule has 0 amide bonds. The molecule has 1 saturated heterocycles. The van der Waals surface area contributed by atoms with Gasteiger partial charge in [0.05, 0.1) is 0 Å². The maximum absolute atomic E-state index is 9.99. The van der Waals surface area contributed by atoms with Crippen LogP contribution >= 0.6 is 0 Å². The molecule has 1 atom stereocenters. The van der Waals surface area contributed by atoms with Gasteiger partial charge in [0.1, 0.15) is 18.5 Å². The van der Waals surface area contributed by atoms with E-state index >= 15 is 0 Å². The molecule has 1 heterocycles. The number of para-hydroxylation sites is 1. The molecule has 11 heteroatoms. The van der Waals surface area contributed by atoms with Gasteiger partial charge in [-0.3, -0.25) is 19.4 Å². The molecule has 142 valence electrons. The second-order valence-electron chi connectivity index (χ2n) is 5.40. The van der Waals surface area contributed by atoms with E-state index in [1.165, 1.54) is 0 Å². The molecule has 10 nitrogen and oxygen atoms in total. The third kappa shape index (κ3) is 10.5. The lowest BCUT2D eigenvalue weighted by atomic mass is 10.2. The Kier molecular flexibility index (Phi) is 8.58. The average molecular weight is 376 g/mol. The highest BCUT2D eigenvalue weighted by atomic mass is 32.3. The van der Waals surface area contributed by atoms with Crippen molar-refractivity contribution in [1.82, 2.24) is 9.80 Å². The molecule has 0 radical (unpaired) electrons. The summed E-state index contributed by atoms with van der Waals surface area (Å²) in [6, 6.07) is 9.49. The Balaban J connectivity index is 0.000000550. The van der Waals surface area contributed by atoms with Gasteiger partial charge in [-0.25, -0.2) is 0 Å². The number of ether oxygens (including phenoxy) is 1. The summed E-state index contributed by atoms with van der Waals surface area (Å²) in [4.78, 5) is 4.00. The van der Waals surface area contributed by atoms with Gasteiger partial charge in [-0.1, -0.05) is 18.2 Å². The highest BCUT2D eigenvalue weighted by Crippen LogP contribution is 2.09. The first-order valence-corrected chi connectivity index (χ1v) is 8.92. The number of β-amino-alcohol motifs (C(OH)–C–C–N with tert-alkyl or cyclic N) is 1. The summed E-state index contributed by atoms with van der Waals surface area (Å²) in [7, 11) is -4.67. The summed E-state index contributed by atoms with van der Waals surface area (Å²) in [5, 5.41) is 17.4. The molecule has 25 heavy (non-hydrogen) atoms. The lowest BCUT2D eigenvalue weighted by Gasteiger charge is -2.35. The molecular weight excluding hydrogens is 352 g/mol. The van der Waals surface area contributed by atoms with Gasteiger partial charge < -0.3 is 20.5 Å². The topological polar surface area (TPSA) is 160 Å². The van der Waals surface area contributed by atoms with Gasteiger partial charge in [0.25, 0.3) is 0 Å². The summed E-state index contributed by atoms with van der Waals surface area (Å²) in [5.74, 6) is 0.894. The summed E-state index contributed by atoms with van der Waals surface area (Å²) in [6.07, 6.45) is -0.515. The normalized spacial score (nSPS) is 16.5. The number of guanidine groups is 1. The molecule has 0 bridgehead atoms. The third-order valence-corrected chi connectivity index (χ3v) is 3.37. The SMILES string of the molecule is N=C(N)N1CCN(CC(O)COc2ccccc2)CC1.O=S(=O)(O)O. The molecule has 1 fully saturated rings. The Morgan fingerprint density at radius 2 is 1.72 bits per heavy atom. The van der Waals surface area contributed by atoms with Crippen molar-refractivity contribution in [3.05, 3.63) is 30.3 Å². The van der Waals surface area contributed by atoms with E-state index in [-0.39, 0.29) is 12.6 Å². The number of aliphatic hydroxyl groups excluding tert-OH is 1. The van der Waals surface area contributed by atoms with Crippen LogP contribution in [0.15, 0.2) is 30.3 Å². The summed E-state index contributed by atoms with van der Waals surface area (Å²) < 4.78 is 37.1. The predicted molar refractivity (Wildman–Crippen MR) is 92.0 cm³/mol. The molecule has 6 N–H and O–H groups in total. The second kappa shape index (κ2) is 10.2. The van der Waals surface area contributed by atoms with Gasteiger partial charge in [-0.15, -0.1) is 0 Å². The van der Waals surface area contributed by atoms with Gasteiger partial charge in [0, 0.05) is 32.7 Å². The van der Waals surface area contributed by atoms with E-state index < -0.39 is 16.5 Å². The van der Waals surface area contributed by atoms with Crippen LogP contribution in [0.5, 0.6) is 5.75 Å². The monoisotopic (exact) mass is 376 g/mol. The number of nitrogens with one attached hydrogen (secondary N) is 1. The van der Waals surface area contributed by atoms with E-state index in [2.05, 4.69) is 4.90 Å². The van der Waals surface area contributed by atoms with Crippen LogP contribution in [0.4, 0.5) is 0 Å². The molecule has 0 aliphatic carbocycles. The molecule has 0 aromatic heterocycles. The van der Waals surface area contributed by atoms with Crippen LogP contribution in [0.25, 0.3) is 0 Å². The highest BCUT2D eigenvalue weighted by Gasteiger charge is 2.19. The predicted octanol–water partition coefficient (Wildman–Crippen LogP) is -0.715. The minimum absolute atomic E-state index is 0.123. The molecule has 1 aromatic rings. The maximum Gasteiger partial charge on any atom is 0.394 e. The van der Waals surface area contributed by atoms with Crippen LogP contribution in [-0.4, -0.2) is 83.8 Å². The quantitative estimate of drug-likeness (QED) is 0.254. The van der Waals surface area contributed by atoms with Crippen molar-refractivity contribution in [2.75, 3.05) is 39.3 Å². The zero-order chi connectivity index (χ0) is 18.9. The number of hydrogen-bond acceptors (Lipinski definition) is 6. The van der Waals surface area contributed by atoms with E-state index in [9.17, 15) is 5.11 Å². The fraction of sp³-hybridized carbons (Fsp3) is 0.500. The van der Waals surface area contributed by atoms with Gasteiger partial charge in [0.2, 0.25) is 0 Å². The van der Waals surface area contributed by atoms with Crippen LogP contribution < -0.4 is 10.5 Å². The molecule has 1 aliphatic heterocycles. The average Bonchev–Trinajstić information content (AvgIpc) is 2.53. The maximum atomic E-state index is 9.99. The van der Waals surface area contributed by atoms with E-state index in [0.29, 0.717) is 6.54 Å². The second-order valence-corrected chi connectivity index (χ2v) is 6.29. The fourth-order valence-electron chi connectivity index (χ4n) is 2.23. The Morgan fingerprint density at radius 1 is 1.20 bits per heavy atom. The first-order valence-electron chi connectivity index (χ1n) is 7.52. The summed E-state index contributed by atoms with van der Waals surface area (Å²) in [5.41, 5.74) is 5.45. The number of nitrogens with zero attached hydrogens (tertiary/aromatic N) is 2. The van der Waals surface area contributed by atoms with Crippen molar-refractivity contribution >= 4 is 16.4 Å². The molecule has 0 spiro atoms. The van der Waals surface area contributed by atoms with Crippen LogP contribution in [0.3, 0.4) is 0 Å². The zero-order valence-corrected chi connectivity index (χ0v) is 14.5. The lowest BCUT2D eigenvalue weighted by molar-refractivity contribution is 0.0554. The molecule has 2 rings (SSSR count). The van der Waals surface area contributed by atoms with Crippen LogP contribution in [0.2, 0.25) is 0 Å². The minimum atomic E-state index is -4.67. The van der Waals surface area contributed by atoms with Crippen LogP contribution in [0.1, 0.15) is 0 Å². The Bertz CT molecular complexity index is 611. The highest BCUT2D eigenvalue weighted by molar-refractivity contribution is 7.79. The van der Waals surface area contributed by atoms with E-state index in [4.69, 9.17) is 33.4 Å². The van der Waals surface area contributed by atoms with Crippen LogP contribution in [0, 0.1) is 5.41 Å². The number of nitrogens with two attached hydrogens (primary N) is 1. The first-order chi connectivity index (χ1) is 11.6. The van der Waals surface area contributed by atoms with E-state index in [1.54, 1.807) is 0 Å². The fourth-order valence-corrected chi connectivity index (χ4v) is 2.23. The van der Waals surface area contributed by atoms with Crippen molar-refractivity contribution in [2.24, 2.45) is 5.73 Å². The number of hydrogen-bond donors (Lipinski definition) is 5. The van der Waals surface area contributed by atoms with Gasteiger partial charge in [0.15, 0.2) is 5.96 Å². The molecular formula is C14H24N4O6S. The Morgan fingerprint density at radius 3 is 2.20 bits per heavy atom. The molecule has 0 saturated carbocycles. The van der Waals surface area contributed by atoms with Gasteiger partial charge in [-0.05, 0) is 12.1 Å². The van der Waals surface area contributed by atoms with Crippen molar-refractivity contribution in [3.8, 4) is 5.75 Å². The van der Waals surface area contributed by atoms with E-state index in [1.807, 2.05) is 35.2 Å². The Hall–Kier alpha value is -1.92. The van der Waals surface area contributed by atoms with E-state index in [0.717, 1.165) is 31.9 Å². The zero-order valence-electron chi connectivity index (χ0n) is 13.7. The largest absolute Gasteiger partial charge is 0.491 e. The van der Waals surface area contributed by atoms with Crippen LogP contribution in [-0.2, 0) is 10.4 Å². The minimum Gasteiger partial charge on any atom is -0.491 e. The third-order valence-electron chi connectivity index (χ3n) is 3.37. The number of piperazine rings is 1. The number of aliphatic hydroxyl groups is 1. The molecule has 1 unspecified atom stereocenters. The smallest absolute Gasteiger partial charge is 0.394 e. The summed E-state index contributed by atoms with van der Waals surface area (Å²) >= 11 is 0. The lowest BCUT2D eigenvalue weighted by Crippen LogP contribution is -2.52. The standard InChI is InChI=1S/C14H22N4O2.H2O4S/c15-14(16)18-8-6-17(7-9-18)10-12(19)11-20-13-4-2-1-3-5-13;1-5(2,3)4/h1-5,12,19H,6-11H2,(H3,15,16);(H2,1,2,3,4). The van der Waals surface area contributed by atoms with Gasteiger partial charge >= 0.3 is 10.4 Å². The van der Waals surface area contributed by atoms with Crippen molar-refractivity contribution in [1.29, 1.82) is 5.41 Å². The van der Waals surface area contributed by atoms with Crippen molar-refractivity contribution in [3.63, 3.8) is 0 Å². The van der Waals surface area contributed by atoms with Crippen molar-refractivity contribution < 1.29 is 27.4 Å². The molecule has 1 aromatic carbocycles. The summed E-state index contributed by atoms with van der Waals surface area (Å²) in [6.45, 7) is 3.96. The molecule has 1 aliphatic rings. The number of rotatable bonds is 5. The Labute approximate surface area is 146 Å². The van der Waals surface area contributed by atoms with Gasteiger partial charge in [-0.2, -0.15) is 8.42 Å². The first kappa shape index (κ1) is 21.1. The van der Waals surface area contributed by atoms with Crippen molar-refractivity contribution in [2.45, 2.75) is 6.10 Å². The number of benzene rings is 1.